The number of hydrogen-bond donors (Lipinski definition) is 1. The lowest BCUT2D eigenvalue weighted by Gasteiger charge is -2.26. The summed E-state index contributed by atoms with van der Waals surface area (Å²) in [5.41, 5.74) is 0.490. The van der Waals surface area contributed by atoms with Crippen LogP contribution >= 0.6 is 0 Å². The van der Waals surface area contributed by atoms with Crippen molar-refractivity contribution in [3.63, 3.8) is 0 Å². The first-order valence-corrected chi connectivity index (χ1v) is 6.93. The number of nitrogens with one attached hydrogen (secondary N) is 1. The molecule has 0 aliphatic heterocycles. The molecule has 0 bridgehead atoms. The zero-order valence-corrected chi connectivity index (χ0v) is 11.2. The lowest BCUT2D eigenvalue weighted by atomic mass is 9.83. The lowest BCUT2D eigenvalue weighted by molar-refractivity contribution is 0.304. The van der Waals surface area contributed by atoms with E-state index in [0.717, 1.165) is 18.6 Å². The fourth-order valence-electron chi connectivity index (χ4n) is 2.95. The third-order valence-electron chi connectivity index (χ3n) is 4.05. The molecule has 1 N–H and O–H groups in total. The molecule has 1 aromatic carbocycles. The summed E-state index contributed by atoms with van der Waals surface area (Å²) in [6.45, 7) is 0. The van der Waals surface area contributed by atoms with Crippen LogP contribution in [-0.4, -0.2) is 7.05 Å². The van der Waals surface area contributed by atoms with E-state index >= 15 is 0 Å². The molecule has 106 valence electrons. The van der Waals surface area contributed by atoms with Gasteiger partial charge in [0, 0.05) is 6.04 Å². The summed E-state index contributed by atoms with van der Waals surface area (Å²) in [4.78, 5) is 0. The Hall–Kier alpha value is -1.03. The van der Waals surface area contributed by atoms with E-state index in [0.29, 0.717) is 11.5 Å². The van der Waals surface area contributed by atoms with Crippen molar-refractivity contribution in [3.05, 3.63) is 35.1 Å². The molecule has 4 heteroatoms. The van der Waals surface area contributed by atoms with Crippen molar-refractivity contribution in [2.75, 3.05) is 7.05 Å². The van der Waals surface area contributed by atoms with Crippen LogP contribution in [0.2, 0.25) is 0 Å². The fourth-order valence-corrected chi connectivity index (χ4v) is 2.95. The van der Waals surface area contributed by atoms with Crippen LogP contribution in [0.1, 0.15) is 50.1 Å². The topological polar surface area (TPSA) is 12.0 Å². The van der Waals surface area contributed by atoms with E-state index in [1.54, 1.807) is 7.05 Å². The van der Waals surface area contributed by atoms with E-state index in [9.17, 15) is 13.2 Å². The highest BCUT2D eigenvalue weighted by atomic mass is 19.2. The molecule has 0 aromatic heterocycles. The zero-order valence-electron chi connectivity index (χ0n) is 11.2. The van der Waals surface area contributed by atoms with Gasteiger partial charge in [-0.25, -0.2) is 13.2 Å². The third-order valence-corrected chi connectivity index (χ3v) is 4.05. The molecule has 1 aromatic rings. The van der Waals surface area contributed by atoms with Crippen LogP contribution in [0.4, 0.5) is 13.2 Å². The summed E-state index contributed by atoms with van der Waals surface area (Å²) in [6.07, 6.45) is 6.93. The van der Waals surface area contributed by atoms with Crippen LogP contribution in [0.3, 0.4) is 0 Å². The summed E-state index contributed by atoms with van der Waals surface area (Å²) in [7, 11) is 1.77. The number of halogens is 3. The second-order valence-corrected chi connectivity index (χ2v) is 5.38. The first-order chi connectivity index (χ1) is 9.11. The van der Waals surface area contributed by atoms with E-state index in [4.69, 9.17) is 0 Å². The molecule has 1 saturated carbocycles. The van der Waals surface area contributed by atoms with Crippen molar-refractivity contribution in [2.24, 2.45) is 5.92 Å². The molecule has 0 spiro atoms. The van der Waals surface area contributed by atoms with Gasteiger partial charge in [-0.3, -0.25) is 0 Å². The van der Waals surface area contributed by atoms with Crippen molar-refractivity contribution >= 4 is 0 Å². The Bertz CT molecular complexity index is 404. The predicted molar refractivity (Wildman–Crippen MR) is 69.3 cm³/mol. The first kappa shape index (κ1) is 14.4. The van der Waals surface area contributed by atoms with Crippen molar-refractivity contribution in [1.82, 2.24) is 5.32 Å². The third kappa shape index (κ3) is 3.50. The van der Waals surface area contributed by atoms with E-state index in [1.807, 2.05) is 0 Å². The van der Waals surface area contributed by atoms with Crippen molar-refractivity contribution in [1.29, 1.82) is 0 Å². The van der Waals surface area contributed by atoms with E-state index in [1.165, 1.54) is 32.1 Å². The summed E-state index contributed by atoms with van der Waals surface area (Å²) < 4.78 is 39.5. The Kier molecular flexibility index (Phi) is 4.86. The molecule has 1 aliphatic carbocycles. The Morgan fingerprint density at radius 3 is 2.21 bits per heavy atom. The molecule has 1 nitrogen and oxygen atoms in total. The number of benzene rings is 1. The second kappa shape index (κ2) is 6.42. The van der Waals surface area contributed by atoms with Gasteiger partial charge in [0.05, 0.1) is 0 Å². The lowest BCUT2D eigenvalue weighted by Crippen LogP contribution is -2.21. The van der Waals surface area contributed by atoms with Gasteiger partial charge in [0.2, 0.25) is 0 Å². The van der Waals surface area contributed by atoms with Crippen molar-refractivity contribution < 1.29 is 13.2 Å². The maximum atomic E-state index is 13.3. The molecule has 0 radical (unpaired) electrons. The average Bonchev–Trinajstić information content (AvgIpc) is 2.42. The molecule has 2 rings (SSSR count). The van der Waals surface area contributed by atoms with Crippen LogP contribution in [0.25, 0.3) is 0 Å². The standard InChI is InChI=1S/C15H20F3N/c1-19-14(7-10-5-3-2-4-6-10)11-8-12(16)15(18)13(17)9-11/h8-10,14,19H,2-7H2,1H3. The van der Waals surface area contributed by atoms with Gasteiger partial charge in [0.25, 0.3) is 0 Å². The number of hydrogen-bond acceptors (Lipinski definition) is 1. The molecule has 0 heterocycles. The van der Waals surface area contributed by atoms with Gasteiger partial charge in [-0.2, -0.15) is 0 Å². The highest BCUT2D eigenvalue weighted by molar-refractivity contribution is 5.22. The van der Waals surface area contributed by atoms with Gasteiger partial charge in [-0.1, -0.05) is 32.1 Å². The monoisotopic (exact) mass is 271 g/mol. The summed E-state index contributed by atoms with van der Waals surface area (Å²) in [6, 6.07) is 2.08. The minimum atomic E-state index is -1.39. The maximum Gasteiger partial charge on any atom is 0.194 e. The Morgan fingerprint density at radius 2 is 1.68 bits per heavy atom. The Balaban J connectivity index is 2.12. The molecular formula is C15H20F3N. The molecule has 0 saturated heterocycles. The van der Waals surface area contributed by atoms with E-state index < -0.39 is 17.5 Å². The normalized spacial score (nSPS) is 18.5. The highest BCUT2D eigenvalue weighted by Gasteiger charge is 2.21. The van der Waals surface area contributed by atoms with Gasteiger partial charge in [-0.15, -0.1) is 0 Å². The van der Waals surface area contributed by atoms with Crippen LogP contribution in [0, 0.1) is 23.4 Å². The van der Waals surface area contributed by atoms with Gasteiger partial charge in [0.1, 0.15) is 0 Å². The van der Waals surface area contributed by atoms with E-state index in [-0.39, 0.29) is 6.04 Å². The first-order valence-electron chi connectivity index (χ1n) is 6.93. The van der Waals surface area contributed by atoms with E-state index in [2.05, 4.69) is 5.32 Å². The van der Waals surface area contributed by atoms with Crippen LogP contribution < -0.4 is 5.32 Å². The fraction of sp³-hybridized carbons (Fsp3) is 0.600. The quantitative estimate of drug-likeness (QED) is 0.803. The molecule has 0 amide bonds. The Labute approximate surface area is 112 Å². The second-order valence-electron chi connectivity index (χ2n) is 5.38. The van der Waals surface area contributed by atoms with Gasteiger partial charge < -0.3 is 5.32 Å². The highest BCUT2D eigenvalue weighted by Crippen LogP contribution is 2.32. The zero-order chi connectivity index (χ0) is 13.8. The van der Waals surface area contributed by atoms with Gasteiger partial charge >= 0.3 is 0 Å². The van der Waals surface area contributed by atoms with Crippen molar-refractivity contribution in [3.8, 4) is 0 Å². The largest absolute Gasteiger partial charge is 0.313 e. The minimum Gasteiger partial charge on any atom is -0.313 e. The summed E-state index contributed by atoms with van der Waals surface area (Å²) >= 11 is 0. The van der Waals surface area contributed by atoms with Crippen LogP contribution in [-0.2, 0) is 0 Å². The average molecular weight is 271 g/mol. The van der Waals surface area contributed by atoms with Crippen LogP contribution in [0.15, 0.2) is 12.1 Å². The van der Waals surface area contributed by atoms with Crippen molar-refractivity contribution in [2.45, 2.75) is 44.6 Å². The molecule has 1 fully saturated rings. The predicted octanol–water partition coefficient (Wildman–Crippen LogP) is 4.33. The number of rotatable bonds is 4. The van der Waals surface area contributed by atoms with Crippen LogP contribution in [0.5, 0.6) is 0 Å². The molecule has 1 aliphatic rings. The molecule has 1 atom stereocenters. The maximum absolute atomic E-state index is 13.3. The van der Waals surface area contributed by atoms with Gasteiger partial charge in [0.15, 0.2) is 17.5 Å². The van der Waals surface area contributed by atoms with Gasteiger partial charge in [-0.05, 0) is 37.1 Å². The molecular weight excluding hydrogens is 251 g/mol. The summed E-state index contributed by atoms with van der Waals surface area (Å²) in [5.74, 6) is -3.03. The minimum absolute atomic E-state index is 0.118. The Morgan fingerprint density at radius 1 is 1.11 bits per heavy atom. The molecule has 19 heavy (non-hydrogen) atoms. The summed E-state index contributed by atoms with van der Waals surface area (Å²) in [5, 5.41) is 3.08. The molecule has 1 unspecified atom stereocenters. The SMILES string of the molecule is CNC(CC1CCCCC1)c1cc(F)c(F)c(F)c1. The smallest absolute Gasteiger partial charge is 0.194 e.